The van der Waals surface area contributed by atoms with E-state index in [1.807, 2.05) is 54.6 Å². The highest BCUT2D eigenvalue weighted by molar-refractivity contribution is 5.88. The summed E-state index contributed by atoms with van der Waals surface area (Å²) in [5.41, 5.74) is 3.47. The van der Waals surface area contributed by atoms with Gasteiger partial charge < -0.3 is 5.11 Å². The molecule has 23 heavy (non-hydrogen) atoms. The predicted octanol–water partition coefficient (Wildman–Crippen LogP) is 5.47. The second-order valence-electron chi connectivity index (χ2n) is 4.94. The minimum absolute atomic E-state index is 0.192. The number of hydrogen-bond donors (Lipinski definition) is 1. The van der Waals surface area contributed by atoms with Crippen LogP contribution in [0.2, 0.25) is 0 Å². The van der Waals surface area contributed by atoms with Gasteiger partial charge >= 0.3 is 5.97 Å². The van der Waals surface area contributed by atoms with E-state index < -0.39 is 5.97 Å². The molecule has 0 aliphatic rings. The minimum Gasteiger partial charge on any atom is -0.478 e. The van der Waals surface area contributed by atoms with Crippen LogP contribution >= 0.6 is 0 Å². The van der Waals surface area contributed by atoms with E-state index in [-0.39, 0.29) is 5.56 Å². The summed E-state index contributed by atoms with van der Waals surface area (Å²) in [5.74, 6) is -0.980. The van der Waals surface area contributed by atoms with Gasteiger partial charge in [-0.2, -0.15) is 5.11 Å². The lowest BCUT2D eigenvalue weighted by molar-refractivity contribution is 0.0697. The Balaban J connectivity index is 1.95. The summed E-state index contributed by atoms with van der Waals surface area (Å²) in [6.45, 7) is 0. The lowest BCUT2D eigenvalue weighted by Gasteiger charge is -2.04. The van der Waals surface area contributed by atoms with Crippen molar-refractivity contribution >= 4 is 17.3 Å². The zero-order chi connectivity index (χ0) is 16.1. The van der Waals surface area contributed by atoms with Gasteiger partial charge in [-0.1, -0.05) is 54.6 Å². The van der Waals surface area contributed by atoms with Gasteiger partial charge in [0.2, 0.25) is 0 Å². The van der Waals surface area contributed by atoms with Gasteiger partial charge in [0.25, 0.3) is 0 Å². The highest BCUT2D eigenvalue weighted by Crippen LogP contribution is 2.31. The fourth-order valence-corrected chi connectivity index (χ4v) is 2.24. The minimum atomic E-state index is -0.980. The molecule has 0 radical (unpaired) electrons. The monoisotopic (exact) mass is 302 g/mol. The first-order valence-corrected chi connectivity index (χ1v) is 7.13. The Labute approximate surface area is 133 Å². The lowest BCUT2D eigenvalue weighted by atomic mass is 10.0. The van der Waals surface area contributed by atoms with Gasteiger partial charge in [-0.05, 0) is 29.8 Å². The Kier molecular flexibility index (Phi) is 4.25. The first-order chi connectivity index (χ1) is 11.2. The van der Waals surface area contributed by atoms with Gasteiger partial charge in [0.05, 0.1) is 16.9 Å². The summed E-state index contributed by atoms with van der Waals surface area (Å²) in [6.07, 6.45) is 0. The maximum absolute atomic E-state index is 11.0. The molecule has 0 fully saturated rings. The maximum atomic E-state index is 11.0. The van der Waals surface area contributed by atoms with Crippen LogP contribution in [-0.2, 0) is 0 Å². The number of nitrogens with zero attached hydrogens (tertiary/aromatic N) is 2. The van der Waals surface area contributed by atoms with Crippen molar-refractivity contribution in [2.24, 2.45) is 10.2 Å². The zero-order valence-electron chi connectivity index (χ0n) is 12.3. The third kappa shape index (κ3) is 3.49. The molecule has 0 spiro atoms. The summed E-state index contributed by atoms with van der Waals surface area (Å²) < 4.78 is 0. The molecule has 4 heteroatoms. The molecule has 0 unspecified atom stereocenters. The van der Waals surface area contributed by atoms with Crippen LogP contribution in [-0.4, -0.2) is 11.1 Å². The number of azo groups is 1. The number of carboxylic acid groups (broad SMARTS) is 1. The van der Waals surface area contributed by atoms with Crippen molar-refractivity contribution in [3.8, 4) is 11.1 Å². The van der Waals surface area contributed by atoms with Crippen molar-refractivity contribution in [2.75, 3.05) is 0 Å². The molecule has 0 heterocycles. The predicted molar refractivity (Wildman–Crippen MR) is 89.5 cm³/mol. The zero-order valence-corrected chi connectivity index (χ0v) is 12.3. The summed E-state index contributed by atoms with van der Waals surface area (Å²) in [6, 6.07) is 24.0. The van der Waals surface area contributed by atoms with E-state index in [0.29, 0.717) is 5.69 Å². The molecule has 0 bridgehead atoms. The quantitative estimate of drug-likeness (QED) is 0.650. The molecule has 0 aromatic heterocycles. The van der Waals surface area contributed by atoms with Gasteiger partial charge in [-0.25, -0.2) is 4.79 Å². The molecule has 0 saturated carbocycles. The van der Waals surface area contributed by atoms with Crippen molar-refractivity contribution in [2.45, 2.75) is 0 Å². The highest BCUT2D eigenvalue weighted by Gasteiger charge is 2.04. The Morgan fingerprint density at radius 3 is 2.30 bits per heavy atom. The van der Waals surface area contributed by atoms with Crippen molar-refractivity contribution in [3.63, 3.8) is 0 Å². The topological polar surface area (TPSA) is 62.0 Å². The van der Waals surface area contributed by atoms with E-state index in [1.165, 1.54) is 12.1 Å². The van der Waals surface area contributed by atoms with Crippen molar-refractivity contribution in [3.05, 3.63) is 84.4 Å². The standard InChI is InChI=1S/C19H14N2O2/c22-19(23)15-9-6-10-16(13-15)20-21-18-12-5-4-11-17(18)14-7-2-1-3-8-14/h1-13H,(H,22,23). The van der Waals surface area contributed by atoms with Crippen LogP contribution < -0.4 is 0 Å². The van der Waals surface area contributed by atoms with Gasteiger partial charge in [0.1, 0.15) is 0 Å². The van der Waals surface area contributed by atoms with E-state index in [1.54, 1.807) is 12.1 Å². The summed E-state index contributed by atoms with van der Waals surface area (Å²) >= 11 is 0. The molecular weight excluding hydrogens is 288 g/mol. The molecule has 0 atom stereocenters. The Bertz CT molecular complexity index is 858. The number of hydrogen-bond acceptors (Lipinski definition) is 3. The van der Waals surface area contributed by atoms with Crippen LogP contribution in [0.5, 0.6) is 0 Å². The molecule has 3 rings (SSSR count). The lowest BCUT2D eigenvalue weighted by Crippen LogP contribution is -1.94. The molecular formula is C19H14N2O2. The Hall–Kier alpha value is -3.27. The molecule has 0 amide bonds. The molecule has 0 aliphatic heterocycles. The van der Waals surface area contributed by atoms with Crippen molar-refractivity contribution in [1.29, 1.82) is 0 Å². The van der Waals surface area contributed by atoms with Gasteiger partial charge in [0.15, 0.2) is 0 Å². The van der Waals surface area contributed by atoms with Gasteiger partial charge in [0, 0.05) is 5.56 Å². The number of benzene rings is 3. The van der Waals surface area contributed by atoms with E-state index in [0.717, 1.165) is 16.8 Å². The second-order valence-corrected chi connectivity index (χ2v) is 4.94. The fourth-order valence-electron chi connectivity index (χ4n) is 2.24. The molecule has 4 nitrogen and oxygen atoms in total. The molecule has 1 N–H and O–H groups in total. The van der Waals surface area contributed by atoms with E-state index in [4.69, 9.17) is 5.11 Å². The third-order valence-electron chi connectivity index (χ3n) is 3.36. The van der Waals surface area contributed by atoms with Crippen LogP contribution in [0.1, 0.15) is 10.4 Å². The molecule has 112 valence electrons. The van der Waals surface area contributed by atoms with Crippen LogP contribution in [0.4, 0.5) is 11.4 Å². The van der Waals surface area contributed by atoms with Gasteiger partial charge in [-0.3, -0.25) is 0 Å². The third-order valence-corrected chi connectivity index (χ3v) is 3.36. The molecule has 3 aromatic carbocycles. The first-order valence-electron chi connectivity index (χ1n) is 7.13. The summed E-state index contributed by atoms with van der Waals surface area (Å²) in [5, 5.41) is 17.5. The average molecular weight is 302 g/mol. The normalized spacial score (nSPS) is 10.8. The summed E-state index contributed by atoms with van der Waals surface area (Å²) in [4.78, 5) is 11.0. The fraction of sp³-hybridized carbons (Fsp3) is 0. The molecule has 0 saturated heterocycles. The van der Waals surface area contributed by atoms with Crippen LogP contribution in [0, 0.1) is 0 Å². The van der Waals surface area contributed by atoms with E-state index in [9.17, 15) is 4.79 Å². The largest absolute Gasteiger partial charge is 0.478 e. The first kappa shape index (κ1) is 14.7. The highest BCUT2D eigenvalue weighted by atomic mass is 16.4. The van der Waals surface area contributed by atoms with Crippen molar-refractivity contribution in [1.82, 2.24) is 0 Å². The number of rotatable bonds is 4. The van der Waals surface area contributed by atoms with Crippen molar-refractivity contribution < 1.29 is 9.90 Å². The number of carbonyl (C=O) groups is 1. The molecule has 0 aliphatic carbocycles. The number of carboxylic acids is 1. The van der Waals surface area contributed by atoms with Crippen LogP contribution in [0.15, 0.2) is 89.1 Å². The van der Waals surface area contributed by atoms with E-state index in [2.05, 4.69) is 10.2 Å². The molecule has 3 aromatic rings. The maximum Gasteiger partial charge on any atom is 0.335 e. The van der Waals surface area contributed by atoms with Gasteiger partial charge in [-0.15, -0.1) is 5.11 Å². The van der Waals surface area contributed by atoms with Crippen LogP contribution in [0.3, 0.4) is 0 Å². The van der Waals surface area contributed by atoms with E-state index >= 15 is 0 Å². The number of aromatic carboxylic acids is 1. The second kappa shape index (κ2) is 6.66. The SMILES string of the molecule is O=C(O)c1cccc(N=Nc2ccccc2-c2ccccc2)c1. The average Bonchev–Trinajstić information content (AvgIpc) is 2.61. The Morgan fingerprint density at radius 2 is 1.52 bits per heavy atom. The Morgan fingerprint density at radius 1 is 0.783 bits per heavy atom. The van der Waals surface area contributed by atoms with Crippen LogP contribution in [0.25, 0.3) is 11.1 Å². The summed E-state index contributed by atoms with van der Waals surface area (Å²) in [7, 11) is 0. The smallest absolute Gasteiger partial charge is 0.335 e.